The van der Waals surface area contributed by atoms with Crippen molar-refractivity contribution in [3.8, 4) is 0 Å². The van der Waals surface area contributed by atoms with Crippen LogP contribution in [0.25, 0.3) is 0 Å². The van der Waals surface area contributed by atoms with Gasteiger partial charge in [0, 0.05) is 8.07 Å². The van der Waals surface area contributed by atoms with Crippen LogP contribution < -0.4 is 10.4 Å². The first-order valence-electron chi connectivity index (χ1n) is 6.87. The maximum Gasteiger partial charge on any atom is 0.0757 e. The molecule has 0 unspecified atom stereocenters. The van der Waals surface area contributed by atoms with Crippen LogP contribution in [0.15, 0.2) is 60.7 Å². The van der Waals surface area contributed by atoms with Gasteiger partial charge < -0.3 is 0 Å². The topological polar surface area (TPSA) is 0 Å². The van der Waals surface area contributed by atoms with E-state index in [-0.39, 0.29) is 0 Å². The summed E-state index contributed by atoms with van der Waals surface area (Å²) in [4.78, 5) is 0. The SMILES string of the molecule is C[Si](C)(C)CC=[Si](c1ccccc1)c1ccccc1. The molecule has 0 N–H and O–H groups in total. The third-order valence-electron chi connectivity index (χ3n) is 3.09. The van der Waals surface area contributed by atoms with Gasteiger partial charge in [0.25, 0.3) is 0 Å². The smallest absolute Gasteiger partial charge is 0.0757 e. The Hall–Kier alpha value is -1.26. The summed E-state index contributed by atoms with van der Waals surface area (Å²) >= 11 is 0. The molecule has 2 rings (SSSR count). The fourth-order valence-electron chi connectivity index (χ4n) is 2.05. The second kappa shape index (κ2) is 6.26. The summed E-state index contributed by atoms with van der Waals surface area (Å²) in [5.41, 5.74) is 2.61. The third-order valence-corrected chi connectivity index (χ3v) is 7.45. The van der Waals surface area contributed by atoms with Gasteiger partial charge >= 0.3 is 0 Å². The summed E-state index contributed by atoms with van der Waals surface area (Å²) in [6.45, 7) is 7.33. The van der Waals surface area contributed by atoms with Crippen LogP contribution in [0.2, 0.25) is 25.7 Å². The van der Waals surface area contributed by atoms with Crippen LogP contribution in [-0.2, 0) is 0 Å². The second-order valence-corrected chi connectivity index (χ2v) is 14.0. The van der Waals surface area contributed by atoms with E-state index in [1.54, 1.807) is 0 Å². The maximum absolute atomic E-state index is 2.61. The molecule has 2 aromatic carbocycles. The molecule has 2 aromatic rings. The average Bonchev–Trinajstić information content (AvgIpc) is 2.40. The predicted molar refractivity (Wildman–Crippen MR) is 92.1 cm³/mol. The van der Waals surface area contributed by atoms with Crippen molar-refractivity contribution in [3.05, 3.63) is 60.7 Å². The number of benzene rings is 2. The van der Waals surface area contributed by atoms with E-state index in [1.165, 1.54) is 16.4 Å². The maximum atomic E-state index is 2.61. The van der Waals surface area contributed by atoms with Crippen molar-refractivity contribution in [2.45, 2.75) is 25.7 Å². The van der Waals surface area contributed by atoms with Crippen molar-refractivity contribution < 1.29 is 0 Å². The van der Waals surface area contributed by atoms with E-state index < -0.39 is 16.5 Å². The van der Waals surface area contributed by atoms with Gasteiger partial charge in [0.2, 0.25) is 0 Å². The minimum absolute atomic E-state index is 0.723. The lowest BCUT2D eigenvalue weighted by atomic mass is 10.4. The lowest BCUT2D eigenvalue weighted by Gasteiger charge is -2.14. The zero-order valence-corrected chi connectivity index (χ0v) is 14.1. The average molecular weight is 283 g/mol. The predicted octanol–water partition coefficient (Wildman–Crippen LogP) is 3.02. The Bertz CT molecular complexity index is 495. The Morgan fingerprint density at radius 3 is 1.58 bits per heavy atom. The first kappa shape index (κ1) is 14.2. The molecule has 0 radical (unpaired) electrons. The van der Waals surface area contributed by atoms with Crippen molar-refractivity contribution in [2.75, 3.05) is 0 Å². The number of hydrogen-bond acceptors (Lipinski definition) is 0. The molecular weight excluding hydrogens is 260 g/mol. The van der Waals surface area contributed by atoms with E-state index in [1.807, 2.05) is 0 Å². The molecule has 0 aliphatic carbocycles. The molecule has 0 saturated carbocycles. The highest BCUT2D eigenvalue weighted by Gasteiger charge is 2.13. The molecule has 0 aliphatic heterocycles. The Kier molecular flexibility index (Phi) is 4.67. The molecule has 0 saturated heterocycles. The number of rotatable bonds is 4. The van der Waals surface area contributed by atoms with Gasteiger partial charge in [-0.2, -0.15) is 0 Å². The van der Waals surface area contributed by atoms with Crippen LogP contribution in [0.5, 0.6) is 0 Å². The molecule has 0 heterocycles. The van der Waals surface area contributed by atoms with Crippen LogP contribution in [0.3, 0.4) is 0 Å². The van der Waals surface area contributed by atoms with E-state index in [0.29, 0.717) is 0 Å². The monoisotopic (exact) mass is 282 g/mol. The van der Waals surface area contributed by atoms with Crippen molar-refractivity contribution in [2.24, 2.45) is 0 Å². The van der Waals surface area contributed by atoms with Crippen molar-refractivity contribution in [1.29, 1.82) is 0 Å². The quantitative estimate of drug-likeness (QED) is 0.756. The summed E-state index contributed by atoms with van der Waals surface area (Å²) in [6.07, 6.45) is 0. The Morgan fingerprint density at radius 2 is 1.21 bits per heavy atom. The minimum Gasteiger partial charge on any atom is -0.0980 e. The third kappa shape index (κ3) is 4.41. The van der Waals surface area contributed by atoms with E-state index in [4.69, 9.17) is 0 Å². The van der Waals surface area contributed by atoms with Gasteiger partial charge in [0.15, 0.2) is 0 Å². The molecule has 2 heteroatoms. The number of hydrogen-bond donors (Lipinski definition) is 0. The zero-order valence-electron chi connectivity index (χ0n) is 12.1. The first-order chi connectivity index (χ1) is 9.06. The van der Waals surface area contributed by atoms with Gasteiger partial charge in [-0.25, -0.2) is 0 Å². The van der Waals surface area contributed by atoms with Crippen LogP contribution in [-0.4, -0.2) is 22.2 Å². The van der Waals surface area contributed by atoms with Crippen molar-refractivity contribution in [1.82, 2.24) is 0 Å². The molecule has 19 heavy (non-hydrogen) atoms. The standard InChI is InChI=1S/C17H22Si2/c1-19(2,3)15-14-18(16-10-6-4-7-11-16)17-12-8-5-9-13-17/h4-14H,15H2,1-3H3. The summed E-state index contributed by atoms with van der Waals surface area (Å²) in [5, 5.41) is 2.99. The Balaban J connectivity index is 2.40. The molecule has 0 fully saturated rings. The highest BCUT2D eigenvalue weighted by molar-refractivity contribution is 6.92. The van der Waals surface area contributed by atoms with Crippen LogP contribution in [0.1, 0.15) is 0 Å². The molecule has 0 atom stereocenters. The van der Waals surface area contributed by atoms with E-state index in [9.17, 15) is 0 Å². The molecule has 0 bridgehead atoms. The largest absolute Gasteiger partial charge is 0.0980 e. The van der Waals surface area contributed by atoms with Crippen LogP contribution >= 0.6 is 0 Å². The lowest BCUT2D eigenvalue weighted by Crippen LogP contribution is -2.37. The van der Waals surface area contributed by atoms with E-state index in [2.05, 4.69) is 86.0 Å². The van der Waals surface area contributed by atoms with Crippen molar-refractivity contribution >= 4 is 32.5 Å². The molecule has 0 amide bonds. The van der Waals surface area contributed by atoms with Gasteiger partial charge in [-0.1, -0.05) is 86.0 Å². The summed E-state index contributed by atoms with van der Waals surface area (Å²) < 4.78 is 0. The van der Waals surface area contributed by atoms with Crippen LogP contribution in [0.4, 0.5) is 0 Å². The molecule has 98 valence electrons. The van der Waals surface area contributed by atoms with E-state index in [0.717, 1.165) is 0 Å². The van der Waals surface area contributed by atoms with Crippen LogP contribution in [0, 0.1) is 0 Å². The lowest BCUT2D eigenvalue weighted by molar-refractivity contribution is 1.63. The summed E-state index contributed by atoms with van der Waals surface area (Å²) in [5.74, 6) is 0. The molecule has 0 aliphatic rings. The zero-order chi connectivity index (χ0) is 13.7. The highest BCUT2D eigenvalue weighted by atomic mass is 28.3. The summed E-state index contributed by atoms with van der Waals surface area (Å²) in [6, 6.07) is 23.3. The first-order valence-corrected chi connectivity index (χ1v) is 12.2. The van der Waals surface area contributed by atoms with Gasteiger partial charge in [-0.3, -0.25) is 0 Å². The second-order valence-electron chi connectivity index (χ2n) is 6.11. The minimum atomic E-state index is -1.02. The van der Waals surface area contributed by atoms with Gasteiger partial charge in [0.05, 0.1) is 8.41 Å². The van der Waals surface area contributed by atoms with Gasteiger partial charge in [-0.15, -0.1) is 0 Å². The highest BCUT2D eigenvalue weighted by Crippen LogP contribution is 2.05. The normalized spacial score (nSPS) is 11.1. The molecule has 0 nitrogen and oxygen atoms in total. The fraction of sp³-hybridized carbons (Fsp3) is 0.235. The molecular formula is C17H22Si2. The Labute approximate surface area is 119 Å². The van der Waals surface area contributed by atoms with Gasteiger partial charge in [0.1, 0.15) is 0 Å². The molecule has 0 spiro atoms. The Morgan fingerprint density at radius 1 is 0.789 bits per heavy atom. The van der Waals surface area contributed by atoms with Crippen molar-refractivity contribution in [3.63, 3.8) is 0 Å². The summed E-state index contributed by atoms with van der Waals surface area (Å²) in [7, 11) is -1.74. The van der Waals surface area contributed by atoms with E-state index >= 15 is 0 Å². The van der Waals surface area contributed by atoms with Gasteiger partial charge in [-0.05, 0) is 16.4 Å². The fourth-order valence-corrected chi connectivity index (χ4v) is 7.22. The molecule has 0 aromatic heterocycles.